The molecule has 0 unspecified atom stereocenters. The zero-order chi connectivity index (χ0) is 14.3. The predicted molar refractivity (Wildman–Crippen MR) is 82.9 cm³/mol. The Morgan fingerprint density at radius 1 is 1.25 bits per heavy atom. The molecule has 3 nitrogen and oxygen atoms in total. The van der Waals surface area contributed by atoms with Gasteiger partial charge in [0.1, 0.15) is 11.6 Å². The number of aryl methyl sites for hydroxylation is 1. The quantitative estimate of drug-likeness (QED) is 0.714. The summed E-state index contributed by atoms with van der Waals surface area (Å²) in [5, 5.41) is 0. The van der Waals surface area contributed by atoms with E-state index in [1.165, 1.54) is 6.07 Å². The van der Waals surface area contributed by atoms with Crippen LogP contribution in [-0.4, -0.2) is 9.55 Å². The number of nitrogens with two attached hydrogens (primary N) is 1. The summed E-state index contributed by atoms with van der Waals surface area (Å²) in [5.74, 6) is 0.331. The number of benzene rings is 2. The molecule has 102 valence electrons. The first-order valence-electron chi connectivity index (χ1n) is 6.31. The van der Waals surface area contributed by atoms with Gasteiger partial charge in [-0.15, -0.1) is 0 Å². The first-order chi connectivity index (χ1) is 9.60. The second-order valence-corrected chi connectivity index (χ2v) is 5.46. The Morgan fingerprint density at radius 3 is 2.75 bits per heavy atom. The Labute approximate surface area is 124 Å². The van der Waals surface area contributed by atoms with Crippen LogP contribution >= 0.6 is 15.9 Å². The van der Waals surface area contributed by atoms with Crippen molar-refractivity contribution in [1.82, 2.24) is 9.55 Å². The lowest BCUT2D eigenvalue weighted by Gasteiger charge is -2.07. The van der Waals surface area contributed by atoms with Crippen molar-refractivity contribution in [3.8, 4) is 11.4 Å². The summed E-state index contributed by atoms with van der Waals surface area (Å²) < 4.78 is 16.7. The van der Waals surface area contributed by atoms with Gasteiger partial charge in [-0.25, -0.2) is 9.37 Å². The molecule has 1 heterocycles. The fourth-order valence-corrected chi connectivity index (χ4v) is 2.66. The van der Waals surface area contributed by atoms with E-state index in [9.17, 15) is 4.39 Å². The van der Waals surface area contributed by atoms with Gasteiger partial charge in [-0.1, -0.05) is 15.9 Å². The van der Waals surface area contributed by atoms with Crippen LogP contribution in [0.15, 0.2) is 40.9 Å². The van der Waals surface area contributed by atoms with Crippen LogP contribution in [0.25, 0.3) is 22.4 Å². The van der Waals surface area contributed by atoms with E-state index < -0.39 is 5.82 Å². The molecule has 5 heteroatoms. The van der Waals surface area contributed by atoms with E-state index in [0.29, 0.717) is 0 Å². The minimum atomic E-state index is -0.418. The average molecular weight is 334 g/mol. The number of aromatic nitrogens is 2. The lowest BCUT2D eigenvalue weighted by atomic mass is 10.2. The highest BCUT2D eigenvalue weighted by Gasteiger charge is 2.13. The van der Waals surface area contributed by atoms with Crippen molar-refractivity contribution in [2.75, 3.05) is 5.73 Å². The summed E-state index contributed by atoms with van der Waals surface area (Å²) in [6, 6.07) is 10.7. The lowest BCUT2D eigenvalue weighted by Crippen LogP contribution is -1.98. The van der Waals surface area contributed by atoms with Gasteiger partial charge in [0.15, 0.2) is 0 Å². The largest absolute Gasteiger partial charge is 0.396 e. The zero-order valence-corrected chi connectivity index (χ0v) is 12.5. The number of imidazole rings is 1. The van der Waals surface area contributed by atoms with E-state index in [1.807, 2.05) is 25.1 Å². The molecule has 1 aromatic heterocycles. The second-order valence-electron chi connectivity index (χ2n) is 4.55. The van der Waals surface area contributed by atoms with Crippen molar-refractivity contribution in [3.63, 3.8) is 0 Å². The summed E-state index contributed by atoms with van der Waals surface area (Å²) in [7, 11) is 0. The predicted octanol–water partition coefficient (Wildman–Crippen LogP) is 4.21. The van der Waals surface area contributed by atoms with Gasteiger partial charge in [-0.2, -0.15) is 0 Å². The van der Waals surface area contributed by atoms with Crippen molar-refractivity contribution >= 4 is 32.7 Å². The van der Waals surface area contributed by atoms with Gasteiger partial charge >= 0.3 is 0 Å². The number of fused-ring (bicyclic) bond motifs is 1. The second kappa shape index (κ2) is 4.90. The zero-order valence-electron chi connectivity index (χ0n) is 10.9. The molecule has 3 aromatic rings. The number of nitrogens with zero attached hydrogens (tertiary/aromatic N) is 2. The molecule has 2 N–H and O–H groups in total. The summed E-state index contributed by atoms with van der Waals surface area (Å²) in [5.41, 5.74) is 8.31. The topological polar surface area (TPSA) is 43.8 Å². The van der Waals surface area contributed by atoms with Gasteiger partial charge in [-0.05, 0) is 43.3 Å². The van der Waals surface area contributed by atoms with Crippen LogP contribution in [0.1, 0.15) is 6.92 Å². The van der Waals surface area contributed by atoms with E-state index in [4.69, 9.17) is 5.73 Å². The number of hydrogen-bond donors (Lipinski definition) is 1. The number of rotatable bonds is 2. The molecule has 0 atom stereocenters. The van der Waals surface area contributed by atoms with Crippen LogP contribution in [-0.2, 0) is 6.54 Å². The van der Waals surface area contributed by atoms with Crippen LogP contribution < -0.4 is 5.73 Å². The molecule has 0 spiro atoms. The van der Waals surface area contributed by atoms with Gasteiger partial charge in [0.25, 0.3) is 0 Å². The summed E-state index contributed by atoms with van der Waals surface area (Å²) in [6.07, 6.45) is 0. The maximum Gasteiger partial charge on any atom is 0.146 e. The molecule has 0 saturated heterocycles. The fraction of sp³-hybridized carbons (Fsp3) is 0.133. The minimum Gasteiger partial charge on any atom is -0.396 e. The molecule has 0 amide bonds. The third-order valence-corrected chi connectivity index (χ3v) is 3.78. The maximum atomic E-state index is 13.7. The van der Waals surface area contributed by atoms with E-state index in [0.717, 1.165) is 33.4 Å². The van der Waals surface area contributed by atoms with Crippen molar-refractivity contribution in [2.24, 2.45) is 0 Å². The van der Waals surface area contributed by atoms with E-state index >= 15 is 0 Å². The molecular formula is C15H13BrFN3. The fourth-order valence-electron chi connectivity index (χ4n) is 2.31. The monoisotopic (exact) mass is 333 g/mol. The van der Waals surface area contributed by atoms with E-state index in [1.54, 1.807) is 12.1 Å². The highest BCUT2D eigenvalue weighted by molar-refractivity contribution is 9.10. The van der Waals surface area contributed by atoms with Crippen LogP contribution in [0.2, 0.25) is 0 Å². The van der Waals surface area contributed by atoms with Crippen molar-refractivity contribution in [3.05, 3.63) is 46.7 Å². The highest BCUT2D eigenvalue weighted by Crippen LogP contribution is 2.28. The molecule has 0 fully saturated rings. The maximum absolute atomic E-state index is 13.7. The minimum absolute atomic E-state index is 0.149. The van der Waals surface area contributed by atoms with Gasteiger partial charge in [-0.3, -0.25) is 0 Å². The van der Waals surface area contributed by atoms with E-state index in [-0.39, 0.29) is 5.69 Å². The smallest absolute Gasteiger partial charge is 0.146 e. The van der Waals surface area contributed by atoms with Crippen LogP contribution in [0.3, 0.4) is 0 Å². The van der Waals surface area contributed by atoms with Crippen LogP contribution in [0.4, 0.5) is 10.1 Å². The summed E-state index contributed by atoms with van der Waals surface area (Å²) in [4.78, 5) is 4.61. The van der Waals surface area contributed by atoms with Crippen molar-refractivity contribution in [1.29, 1.82) is 0 Å². The molecule has 2 aromatic carbocycles. The molecule has 0 bridgehead atoms. The van der Waals surface area contributed by atoms with E-state index in [2.05, 4.69) is 25.5 Å². The Hall–Kier alpha value is -1.88. The van der Waals surface area contributed by atoms with Gasteiger partial charge < -0.3 is 10.3 Å². The Bertz CT molecular complexity index is 795. The summed E-state index contributed by atoms with van der Waals surface area (Å²) in [6.45, 7) is 2.81. The third kappa shape index (κ3) is 2.08. The molecule has 0 radical (unpaired) electrons. The number of nitrogen functional groups attached to an aromatic ring is 1. The van der Waals surface area contributed by atoms with Gasteiger partial charge in [0.2, 0.25) is 0 Å². The third-order valence-electron chi connectivity index (χ3n) is 3.29. The first-order valence-corrected chi connectivity index (χ1v) is 7.10. The molecule has 20 heavy (non-hydrogen) atoms. The standard InChI is InChI=1S/C15H13BrFN3/c1-2-20-14-6-4-10(16)8-13(14)19-15(20)9-3-5-12(18)11(17)7-9/h3-8H,2,18H2,1H3. The Kier molecular flexibility index (Phi) is 3.22. The van der Waals surface area contributed by atoms with Gasteiger partial charge in [0.05, 0.1) is 16.7 Å². The summed E-state index contributed by atoms with van der Waals surface area (Å²) >= 11 is 3.44. The Balaban J connectivity index is 2.26. The lowest BCUT2D eigenvalue weighted by molar-refractivity contribution is 0.632. The number of hydrogen-bond acceptors (Lipinski definition) is 2. The molecule has 0 aliphatic heterocycles. The molecule has 0 aliphatic rings. The normalized spacial score (nSPS) is 11.2. The molecule has 0 aliphatic carbocycles. The van der Waals surface area contributed by atoms with Crippen molar-refractivity contribution in [2.45, 2.75) is 13.5 Å². The molecule has 0 saturated carbocycles. The molecule has 3 rings (SSSR count). The number of anilines is 1. The SMILES string of the molecule is CCn1c(-c2ccc(N)c(F)c2)nc2cc(Br)ccc21. The highest BCUT2D eigenvalue weighted by atomic mass is 79.9. The first kappa shape index (κ1) is 13.1. The molecular weight excluding hydrogens is 321 g/mol. The van der Waals surface area contributed by atoms with Crippen LogP contribution in [0.5, 0.6) is 0 Å². The van der Waals surface area contributed by atoms with Gasteiger partial charge in [0, 0.05) is 16.6 Å². The van der Waals surface area contributed by atoms with Crippen molar-refractivity contribution < 1.29 is 4.39 Å². The van der Waals surface area contributed by atoms with Crippen LogP contribution in [0, 0.1) is 5.82 Å². The average Bonchev–Trinajstić information content (AvgIpc) is 2.79. The number of halogens is 2. The Morgan fingerprint density at radius 2 is 2.05 bits per heavy atom.